The number of hydrogen-bond donors (Lipinski definition) is 2. The largest absolute Gasteiger partial charge is 0.493 e. The number of halogens is 1. The molecule has 0 amide bonds. The van der Waals surface area contributed by atoms with Crippen LogP contribution in [0.3, 0.4) is 0 Å². The van der Waals surface area contributed by atoms with Crippen molar-refractivity contribution >= 4 is 12.4 Å². The fraction of sp³-hybridized carbons (Fsp3) is 0.571. The third-order valence-corrected chi connectivity index (χ3v) is 3.02. The molecule has 0 radical (unpaired) electrons. The van der Waals surface area contributed by atoms with Crippen LogP contribution in [-0.2, 0) is 0 Å². The van der Waals surface area contributed by atoms with Crippen molar-refractivity contribution in [1.82, 2.24) is 5.32 Å². The molecule has 1 aliphatic carbocycles. The number of ether oxygens (including phenoxy) is 3. The molecule has 0 spiro atoms. The SMILES string of the molecule is COc1cccc(OC)c1OCC(O)CNC1CC1.Cl. The highest BCUT2D eigenvalue weighted by Gasteiger charge is 2.21. The van der Waals surface area contributed by atoms with Gasteiger partial charge >= 0.3 is 0 Å². The van der Waals surface area contributed by atoms with E-state index in [2.05, 4.69) is 5.32 Å². The Morgan fingerprint density at radius 2 is 1.85 bits per heavy atom. The third kappa shape index (κ3) is 4.74. The molecule has 0 bridgehead atoms. The number of para-hydroxylation sites is 1. The lowest BCUT2D eigenvalue weighted by Crippen LogP contribution is -2.32. The minimum absolute atomic E-state index is 0. The molecule has 20 heavy (non-hydrogen) atoms. The molecule has 1 aromatic carbocycles. The lowest BCUT2D eigenvalue weighted by molar-refractivity contribution is 0.102. The summed E-state index contributed by atoms with van der Waals surface area (Å²) in [5.74, 6) is 1.72. The fourth-order valence-corrected chi connectivity index (χ4v) is 1.79. The molecule has 114 valence electrons. The Bertz CT molecular complexity index is 390. The zero-order chi connectivity index (χ0) is 13.7. The molecule has 0 saturated heterocycles. The molecule has 2 N–H and O–H groups in total. The molecule has 0 heterocycles. The van der Waals surface area contributed by atoms with Crippen molar-refractivity contribution < 1.29 is 19.3 Å². The molecular weight excluding hydrogens is 282 g/mol. The summed E-state index contributed by atoms with van der Waals surface area (Å²) in [5.41, 5.74) is 0. The summed E-state index contributed by atoms with van der Waals surface area (Å²) in [6.07, 6.45) is 1.86. The minimum Gasteiger partial charge on any atom is -0.493 e. The first-order chi connectivity index (χ1) is 9.24. The number of methoxy groups -OCH3 is 2. The van der Waals surface area contributed by atoms with Crippen LogP contribution in [-0.4, -0.2) is 44.6 Å². The van der Waals surface area contributed by atoms with Gasteiger partial charge in [0.15, 0.2) is 11.5 Å². The van der Waals surface area contributed by atoms with E-state index in [0.29, 0.717) is 29.8 Å². The van der Waals surface area contributed by atoms with Crippen molar-refractivity contribution in [2.45, 2.75) is 25.0 Å². The van der Waals surface area contributed by atoms with Crippen LogP contribution in [0.25, 0.3) is 0 Å². The number of nitrogens with one attached hydrogen (secondary N) is 1. The molecule has 1 atom stereocenters. The van der Waals surface area contributed by atoms with Gasteiger partial charge in [0.25, 0.3) is 0 Å². The predicted octanol–water partition coefficient (Wildman–Crippen LogP) is 1.62. The second kappa shape index (κ2) is 8.19. The van der Waals surface area contributed by atoms with E-state index in [0.717, 1.165) is 0 Å². The van der Waals surface area contributed by atoms with Crippen LogP contribution < -0.4 is 19.5 Å². The van der Waals surface area contributed by atoms with E-state index >= 15 is 0 Å². The summed E-state index contributed by atoms with van der Waals surface area (Å²) in [4.78, 5) is 0. The van der Waals surface area contributed by atoms with Gasteiger partial charge in [0, 0.05) is 12.6 Å². The lowest BCUT2D eigenvalue weighted by atomic mass is 10.3. The smallest absolute Gasteiger partial charge is 0.203 e. The Morgan fingerprint density at radius 1 is 1.25 bits per heavy atom. The normalized spacial score (nSPS) is 15.2. The zero-order valence-corrected chi connectivity index (χ0v) is 12.6. The molecule has 1 unspecified atom stereocenters. The molecule has 1 saturated carbocycles. The van der Waals surface area contributed by atoms with E-state index in [9.17, 15) is 5.11 Å². The van der Waals surface area contributed by atoms with Crippen molar-refractivity contribution in [1.29, 1.82) is 0 Å². The van der Waals surface area contributed by atoms with E-state index in [4.69, 9.17) is 14.2 Å². The first-order valence-electron chi connectivity index (χ1n) is 6.49. The van der Waals surface area contributed by atoms with Crippen molar-refractivity contribution in [2.24, 2.45) is 0 Å². The molecule has 1 aromatic rings. The molecule has 0 aromatic heterocycles. The Balaban J connectivity index is 0.00000200. The van der Waals surface area contributed by atoms with Crippen LogP contribution in [0.4, 0.5) is 0 Å². The van der Waals surface area contributed by atoms with Gasteiger partial charge in [0.2, 0.25) is 5.75 Å². The fourth-order valence-electron chi connectivity index (χ4n) is 1.79. The highest BCUT2D eigenvalue weighted by Crippen LogP contribution is 2.36. The quantitative estimate of drug-likeness (QED) is 0.764. The lowest BCUT2D eigenvalue weighted by Gasteiger charge is -2.17. The van der Waals surface area contributed by atoms with Gasteiger partial charge in [-0.15, -0.1) is 12.4 Å². The van der Waals surface area contributed by atoms with Crippen molar-refractivity contribution in [3.63, 3.8) is 0 Å². The molecule has 1 aliphatic rings. The second-order valence-electron chi connectivity index (χ2n) is 4.64. The highest BCUT2D eigenvalue weighted by atomic mass is 35.5. The van der Waals surface area contributed by atoms with Gasteiger partial charge in [0.05, 0.1) is 14.2 Å². The first kappa shape index (κ1) is 16.9. The van der Waals surface area contributed by atoms with Gasteiger partial charge in [-0.3, -0.25) is 0 Å². The van der Waals surface area contributed by atoms with Crippen LogP contribution in [0.5, 0.6) is 17.2 Å². The van der Waals surface area contributed by atoms with Crippen LogP contribution in [0, 0.1) is 0 Å². The minimum atomic E-state index is -0.546. The summed E-state index contributed by atoms with van der Waals surface area (Å²) in [6, 6.07) is 6.00. The van der Waals surface area contributed by atoms with Crippen molar-refractivity contribution in [3.8, 4) is 17.2 Å². The van der Waals surface area contributed by atoms with Crippen LogP contribution >= 0.6 is 12.4 Å². The van der Waals surface area contributed by atoms with E-state index in [1.807, 2.05) is 6.07 Å². The maximum Gasteiger partial charge on any atom is 0.203 e. The number of rotatable bonds is 8. The van der Waals surface area contributed by atoms with Gasteiger partial charge in [-0.2, -0.15) is 0 Å². The van der Waals surface area contributed by atoms with Gasteiger partial charge in [0.1, 0.15) is 12.7 Å². The molecule has 2 rings (SSSR count). The van der Waals surface area contributed by atoms with E-state index in [-0.39, 0.29) is 19.0 Å². The molecule has 1 fully saturated rings. The predicted molar refractivity (Wildman–Crippen MR) is 79.3 cm³/mol. The molecule has 0 aliphatic heterocycles. The Hall–Kier alpha value is -1.17. The average Bonchev–Trinajstić information content (AvgIpc) is 3.26. The van der Waals surface area contributed by atoms with Crippen molar-refractivity contribution in [2.75, 3.05) is 27.4 Å². The number of hydrogen-bond acceptors (Lipinski definition) is 5. The topological polar surface area (TPSA) is 60.0 Å². The molecular formula is C14H22ClNO4. The summed E-state index contributed by atoms with van der Waals surface area (Å²) in [6.45, 7) is 0.749. The summed E-state index contributed by atoms with van der Waals surface area (Å²) >= 11 is 0. The van der Waals surface area contributed by atoms with E-state index < -0.39 is 6.10 Å². The zero-order valence-electron chi connectivity index (χ0n) is 11.8. The number of aliphatic hydroxyl groups excluding tert-OH is 1. The Labute approximate surface area is 125 Å². The van der Waals surface area contributed by atoms with Crippen LogP contribution in [0.15, 0.2) is 18.2 Å². The first-order valence-corrected chi connectivity index (χ1v) is 6.49. The van der Waals surface area contributed by atoms with E-state index in [1.54, 1.807) is 26.4 Å². The molecule has 6 heteroatoms. The van der Waals surface area contributed by atoms with Gasteiger partial charge in [-0.05, 0) is 25.0 Å². The average molecular weight is 304 g/mol. The second-order valence-corrected chi connectivity index (χ2v) is 4.64. The van der Waals surface area contributed by atoms with Gasteiger partial charge in [-0.1, -0.05) is 6.07 Å². The summed E-state index contributed by atoms with van der Waals surface area (Å²) < 4.78 is 16.1. The monoisotopic (exact) mass is 303 g/mol. The third-order valence-electron chi connectivity index (χ3n) is 3.02. The van der Waals surface area contributed by atoms with Gasteiger partial charge < -0.3 is 24.6 Å². The Morgan fingerprint density at radius 3 is 2.35 bits per heavy atom. The highest BCUT2D eigenvalue weighted by molar-refractivity contribution is 5.85. The number of aliphatic hydroxyl groups is 1. The Kier molecular flexibility index (Phi) is 6.91. The number of benzene rings is 1. The standard InChI is InChI=1S/C14H21NO4.ClH/c1-17-12-4-3-5-13(18-2)14(12)19-9-11(16)8-15-10-6-7-10;/h3-5,10-11,15-16H,6-9H2,1-2H3;1H. The van der Waals surface area contributed by atoms with E-state index in [1.165, 1.54) is 12.8 Å². The van der Waals surface area contributed by atoms with Crippen LogP contribution in [0.2, 0.25) is 0 Å². The van der Waals surface area contributed by atoms with Crippen molar-refractivity contribution in [3.05, 3.63) is 18.2 Å². The maximum absolute atomic E-state index is 9.85. The van der Waals surface area contributed by atoms with Crippen LogP contribution in [0.1, 0.15) is 12.8 Å². The maximum atomic E-state index is 9.85. The molecule has 5 nitrogen and oxygen atoms in total. The summed E-state index contributed by atoms with van der Waals surface area (Å²) in [5, 5.41) is 13.1. The van der Waals surface area contributed by atoms with Gasteiger partial charge in [-0.25, -0.2) is 0 Å². The summed E-state index contributed by atoms with van der Waals surface area (Å²) in [7, 11) is 3.15.